The van der Waals surface area contributed by atoms with Crippen LogP contribution in [0.3, 0.4) is 0 Å². The topological polar surface area (TPSA) is 154 Å². The van der Waals surface area contributed by atoms with E-state index in [-0.39, 0.29) is 30.0 Å². The maximum Gasteiger partial charge on any atom is 0.246 e. The van der Waals surface area contributed by atoms with Crippen LogP contribution in [0, 0.1) is 11.3 Å². The van der Waals surface area contributed by atoms with Gasteiger partial charge in [-0.1, -0.05) is 86.7 Å². The third-order valence-electron chi connectivity index (χ3n) is 7.88. The van der Waals surface area contributed by atoms with Crippen molar-refractivity contribution in [2.45, 2.75) is 81.7 Å². The van der Waals surface area contributed by atoms with E-state index in [4.69, 9.17) is 11.1 Å². The van der Waals surface area contributed by atoms with Gasteiger partial charge in [-0.25, -0.2) is 13.1 Å². The molecule has 9 nitrogen and oxygen atoms in total. The first kappa shape index (κ1) is 28.8. The molecule has 2 fully saturated rings. The second-order valence-corrected chi connectivity index (χ2v) is 12.6. The van der Waals surface area contributed by atoms with Crippen LogP contribution in [0.5, 0.6) is 0 Å². The number of carbonyl (C=O) groups is 2. The highest BCUT2D eigenvalue weighted by Crippen LogP contribution is 2.32. The van der Waals surface area contributed by atoms with E-state index < -0.39 is 27.5 Å². The standard InChI is InChI=1S/C29H39N5O4S/c30-26(31)24-15-13-21(14-16-24)19-32-28(36)29(17-7-8-18-29)33-27(35)25(23-11-5-2-6-12-23)34-39(37,38)20-22-9-3-1-4-10-22/h1,3-4,9-10,13-16,23,25,34H,2,5-8,11-12,17-20H2,(H3,30,31)(H,32,36)(H,33,35)/t25-/m1/s1. The molecule has 0 aliphatic heterocycles. The number of hydrogen-bond donors (Lipinski definition) is 5. The third kappa shape index (κ3) is 7.67. The minimum Gasteiger partial charge on any atom is -0.384 e. The summed E-state index contributed by atoms with van der Waals surface area (Å²) in [5.74, 6) is -1.05. The lowest BCUT2D eigenvalue weighted by atomic mass is 9.83. The molecule has 0 radical (unpaired) electrons. The number of amidine groups is 1. The number of hydrogen-bond acceptors (Lipinski definition) is 5. The van der Waals surface area contributed by atoms with E-state index >= 15 is 0 Å². The van der Waals surface area contributed by atoms with Crippen molar-refractivity contribution >= 4 is 27.7 Å². The van der Waals surface area contributed by atoms with Crippen molar-refractivity contribution in [3.8, 4) is 0 Å². The third-order valence-corrected chi connectivity index (χ3v) is 9.21. The van der Waals surface area contributed by atoms with Crippen molar-refractivity contribution in [2.24, 2.45) is 11.7 Å². The van der Waals surface area contributed by atoms with Crippen molar-refractivity contribution in [3.05, 3.63) is 71.3 Å². The lowest BCUT2D eigenvalue weighted by Gasteiger charge is -2.34. The number of carbonyl (C=O) groups excluding carboxylic acids is 2. The van der Waals surface area contributed by atoms with Gasteiger partial charge in [-0.15, -0.1) is 0 Å². The highest BCUT2D eigenvalue weighted by Gasteiger charge is 2.45. The van der Waals surface area contributed by atoms with Gasteiger partial charge in [0.25, 0.3) is 0 Å². The van der Waals surface area contributed by atoms with Crippen LogP contribution in [-0.4, -0.2) is 37.6 Å². The SMILES string of the molecule is N=C(N)c1ccc(CNC(=O)C2(NC(=O)[C@H](NS(=O)(=O)Cc3ccccc3)C3CCCCC3)CCCC2)cc1. The highest BCUT2D eigenvalue weighted by molar-refractivity contribution is 7.88. The van der Waals surface area contributed by atoms with E-state index in [1.165, 1.54) is 0 Å². The second kappa shape index (κ2) is 12.7. The van der Waals surface area contributed by atoms with E-state index in [2.05, 4.69) is 15.4 Å². The van der Waals surface area contributed by atoms with Gasteiger partial charge in [0.05, 0.1) is 5.75 Å². The van der Waals surface area contributed by atoms with E-state index in [0.29, 0.717) is 24.0 Å². The first-order valence-corrected chi connectivity index (χ1v) is 15.4. The lowest BCUT2D eigenvalue weighted by molar-refractivity contribution is -0.135. The predicted molar refractivity (Wildman–Crippen MR) is 151 cm³/mol. The zero-order chi connectivity index (χ0) is 27.9. The smallest absolute Gasteiger partial charge is 0.246 e. The summed E-state index contributed by atoms with van der Waals surface area (Å²) in [6.07, 6.45) is 7.10. The fraction of sp³-hybridized carbons (Fsp3) is 0.483. The Hall–Kier alpha value is -3.24. The van der Waals surface area contributed by atoms with Crippen molar-refractivity contribution in [1.82, 2.24) is 15.4 Å². The molecule has 39 heavy (non-hydrogen) atoms. The number of nitrogen functional groups attached to an aromatic ring is 1. The van der Waals surface area contributed by atoms with Crippen molar-refractivity contribution < 1.29 is 18.0 Å². The van der Waals surface area contributed by atoms with E-state index in [0.717, 1.165) is 50.5 Å². The normalized spacial score (nSPS) is 18.3. The molecule has 0 bridgehead atoms. The summed E-state index contributed by atoms with van der Waals surface area (Å²) in [4.78, 5) is 27.2. The molecule has 0 saturated heterocycles. The molecule has 0 unspecified atom stereocenters. The average Bonchev–Trinajstić information content (AvgIpc) is 3.41. The summed E-state index contributed by atoms with van der Waals surface area (Å²) in [7, 11) is -3.79. The fourth-order valence-corrected chi connectivity index (χ4v) is 7.12. The van der Waals surface area contributed by atoms with Crippen molar-refractivity contribution in [1.29, 1.82) is 5.41 Å². The Kier molecular flexibility index (Phi) is 9.40. The molecule has 0 spiro atoms. The number of benzene rings is 2. The van der Waals surface area contributed by atoms with Gasteiger partial charge in [-0.2, -0.15) is 0 Å². The predicted octanol–water partition coefficient (Wildman–Crippen LogP) is 3.08. The number of sulfonamides is 1. The molecule has 2 amide bonds. The summed E-state index contributed by atoms with van der Waals surface area (Å²) in [6.45, 7) is 0.268. The Labute approximate surface area is 230 Å². The zero-order valence-corrected chi connectivity index (χ0v) is 23.1. The van der Waals surface area contributed by atoms with Crippen LogP contribution in [0.4, 0.5) is 0 Å². The summed E-state index contributed by atoms with van der Waals surface area (Å²) in [6, 6.07) is 15.0. The van der Waals surface area contributed by atoms with Crippen LogP contribution in [0.25, 0.3) is 0 Å². The molecule has 0 heterocycles. The molecule has 2 saturated carbocycles. The maximum atomic E-state index is 13.8. The minimum absolute atomic E-state index is 0.0230. The summed E-state index contributed by atoms with van der Waals surface area (Å²) >= 11 is 0. The van der Waals surface area contributed by atoms with Crippen LogP contribution >= 0.6 is 0 Å². The summed E-state index contributed by atoms with van der Waals surface area (Å²) in [5.41, 5.74) is 6.54. The molecule has 210 valence electrons. The average molecular weight is 554 g/mol. The van der Waals surface area contributed by atoms with Gasteiger partial charge < -0.3 is 16.4 Å². The van der Waals surface area contributed by atoms with Crippen LogP contribution in [-0.2, 0) is 31.9 Å². The van der Waals surface area contributed by atoms with Gasteiger partial charge >= 0.3 is 0 Å². The van der Waals surface area contributed by atoms with E-state index in [1.807, 2.05) is 6.07 Å². The van der Waals surface area contributed by atoms with Crippen LogP contribution in [0.15, 0.2) is 54.6 Å². The Balaban J connectivity index is 1.47. The second-order valence-electron chi connectivity index (χ2n) is 10.8. The van der Waals surface area contributed by atoms with Crippen LogP contribution in [0.2, 0.25) is 0 Å². The molecule has 6 N–H and O–H groups in total. The quantitative estimate of drug-likeness (QED) is 0.214. The van der Waals surface area contributed by atoms with Gasteiger partial charge in [0, 0.05) is 12.1 Å². The van der Waals surface area contributed by atoms with Gasteiger partial charge in [-0.3, -0.25) is 15.0 Å². The molecule has 2 aromatic rings. The van der Waals surface area contributed by atoms with Crippen molar-refractivity contribution in [2.75, 3.05) is 0 Å². The van der Waals surface area contributed by atoms with Gasteiger partial charge in [-0.05, 0) is 42.7 Å². The Morgan fingerprint density at radius 2 is 1.56 bits per heavy atom. The van der Waals surface area contributed by atoms with Crippen LogP contribution < -0.4 is 21.1 Å². The first-order chi connectivity index (χ1) is 18.7. The molecule has 10 heteroatoms. The Bertz CT molecular complexity index is 1250. The molecular formula is C29H39N5O4S. The van der Waals surface area contributed by atoms with E-state index in [1.54, 1.807) is 48.5 Å². The van der Waals surface area contributed by atoms with Gasteiger partial charge in [0.1, 0.15) is 17.4 Å². The maximum absolute atomic E-state index is 13.8. The molecule has 4 rings (SSSR count). The monoisotopic (exact) mass is 553 g/mol. The number of nitrogens with one attached hydrogen (secondary N) is 4. The van der Waals surface area contributed by atoms with Gasteiger partial charge in [0.15, 0.2) is 0 Å². The Morgan fingerprint density at radius 3 is 2.18 bits per heavy atom. The fourth-order valence-electron chi connectivity index (χ4n) is 5.71. The number of rotatable bonds is 11. The van der Waals surface area contributed by atoms with Gasteiger partial charge in [0.2, 0.25) is 21.8 Å². The minimum atomic E-state index is -3.79. The molecular weight excluding hydrogens is 514 g/mol. The molecule has 0 aromatic heterocycles. The van der Waals surface area contributed by atoms with Crippen molar-refractivity contribution in [3.63, 3.8) is 0 Å². The molecule has 1 atom stereocenters. The van der Waals surface area contributed by atoms with Crippen LogP contribution in [0.1, 0.15) is 74.5 Å². The number of amides is 2. The number of nitrogens with two attached hydrogens (primary N) is 1. The Morgan fingerprint density at radius 1 is 0.923 bits per heavy atom. The molecule has 2 aliphatic rings. The highest BCUT2D eigenvalue weighted by atomic mass is 32.2. The summed E-state index contributed by atoms with van der Waals surface area (Å²) in [5, 5.41) is 13.5. The molecule has 2 aromatic carbocycles. The summed E-state index contributed by atoms with van der Waals surface area (Å²) < 4.78 is 29.0. The lowest BCUT2D eigenvalue weighted by Crippen LogP contribution is -2.62. The van der Waals surface area contributed by atoms with E-state index in [9.17, 15) is 18.0 Å². The largest absolute Gasteiger partial charge is 0.384 e. The molecule has 2 aliphatic carbocycles. The first-order valence-electron chi connectivity index (χ1n) is 13.8. The zero-order valence-electron chi connectivity index (χ0n) is 22.2.